The number of rotatable bonds is 3. The van der Waals surface area contributed by atoms with Crippen molar-refractivity contribution < 1.29 is 9.53 Å². The van der Waals surface area contributed by atoms with E-state index in [-0.39, 0.29) is 22.2 Å². The summed E-state index contributed by atoms with van der Waals surface area (Å²) in [6.07, 6.45) is 1.75. The summed E-state index contributed by atoms with van der Waals surface area (Å²) >= 11 is 0. The van der Waals surface area contributed by atoms with Crippen molar-refractivity contribution in [2.45, 2.75) is 44.9 Å². The number of benzene rings is 2. The Bertz CT molecular complexity index is 800. The monoisotopic (exact) mass is 334 g/mol. The molecule has 2 saturated carbocycles. The zero-order valence-electron chi connectivity index (χ0n) is 15.5. The first kappa shape index (κ1) is 16.4. The third-order valence-electron chi connectivity index (χ3n) is 6.71. The minimum Gasteiger partial charge on any atom is -0.497 e. The fourth-order valence-corrected chi connectivity index (χ4v) is 5.61. The Kier molecular flexibility index (Phi) is 3.41. The Hall–Kier alpha value is -2.09. The molecule has 25 heavy (non-hydrogen) atoms. The summed E-state index contributed by atoms with van der Waals surface area (Å²) in [5.74, 6) is 1.19. The molecule has 4 rings (SSSR count). The molecule has 0 aliphatic heterocycles. The third kappa shape index (κ3) is 2.06. The number of carbonyl (C=O) groups is 1. The van der Waals surface area contributed by atoms with E-state index in [1.807, 2.05) is 12.1 Å². The first-order valence-corrected chi connectivity index (χ1v) is 9.08. The highest BCUT2D eigenvalue weighted by atomic mass is 16.5. The van der Waals surface area contributed by atoms with Gasteiger partial charge in [-0.15, -0.1) is 0 Å². The number of ketones is 1. The van der Waals surface area contributed by atoms with E-state index in [1.165, 1.54) is 5.56 Å². The molecule has 2 nitrogen and oxygen atoms in total. The van der Waals surface area contributed by atoms with Crippen LogP contribution in [-0.2, 0) is 10.2 Å². The quantitative estimate of drug-likeness (QED) is 0.778. The molecule has 0 saturated heterocycles. The number of hydrogen-bond acceptors (Lipinski definition) is 2. The van der Waals surface area contributed by atoms with Crippen LogP contribution in [0.15, 0.2) is 54.6 Å². The molecule has 2 aromatic carbocycles. The molecule has 0 heterocycles. The molecule has 130 valence electrons. The van der Waals surface area contributed by atoms with Gasteiger partial charge in [-0.05, 0) is 40.5 Å². The van der Waals surface area contributed by atoms with Gasteiger partial charge in [0.2, 0.25) is 0 Å². The molecule has 2 aliphatic carbocycles. The highest BCUT2D eigenvalue weighted by molar-refractivity contribution is 5.94. The fraction of sp³-hybridized carbons (Fsp3) is 0.435. The molecule has 2 fully saturated rings. The van der Waals surface area contributed by atoms with Gasteiger partial charge in [-0.1, -0.05) is 63.2 Å². The summed E-state index contributed by atoms with van der Waals surface area (Å²) in [6, 6.07) is 18.8. The molecule has 2 heteroatoms. The summed E-state index contributed by atoms with van der Waals surface area (Å²) in [5.41, 5.74) is 2.51. The number of fused-ring (bicyclic) bond motifs is 1. The Morgan fingerprint density at radius 3 is 2.20 bits per heavy atom. The van der Waals surface area contributed by atoms with Crippen LogP contribution in [0.25, 0.3) is 0 Å². The first-order chi connectivity index (χ1) is 11.9. The molecule has 0 amide bonds. The summed E-state index contributed by atoms with van der Waals surface area (Å²) in [6.45, 7) is 6.90. The van der Waals surface area contributed by atoms with Gasteiger partial charge in [0.1, 0.15) is 11.5 Å². The second-order valence-electron chi connectivity index (χ2n) is 8.70. The average Bonchev–Trinajstić information content (AvgIpc) is 3.19. The van der Waals surface area contributed by atoms with Gasteiger partial charge in [0.15, 0.2) is 0 Å². The normalized spacial score (nSPS) is 30.9. The zero-order valence-corrected chi connectivity index (χ0v) is 15.5. The molecule has 3 atom stereocenters. The molecule has 0 bridgehead atoms. The summed E-state index contributed by atoms with van der Waals surface area (Å²) in [7, 11) is 1.67. The van der Waals surface area contributed by atoms with Crippen molar-refractivity contribution in [1.82, 2.24) is 0 Å². The smallest absolute Gasteiger partial charge is 0.141 e. The van der Waals surface area contributed by atoms with Crippen LogP contribution in [0.2, 0.25) is 0 Å². The number of carbonyl (C=O) groups excluding carboxylic acids is 1. The Labute approximate surface area is 150 Å². The Morgan fingerprint density at radius 1 is 1.00 bits per heavy atom. The molecular weight excluding hydrogens is 308 g/mol. The predicted molar refractivity (Wildman–Crippen MR) is 100.0 cm³/mol. The summed E-state index contributed by atoms with van der Waals surface area (Å²) in [4.78, 5) is 13.2. The lowest BCUT2D eigenvalue weighted by molar-refractivity contribution is -0.120. The van der Waals surface area contributed by atoms with Crippen molar-refractivity contribution >= 4 is 5.78 Å². The molecule has 0 spiro atoms. The van der Waals surface area contributed by atoms with Crippen molar-refractivity contribution in [2.75, 3.05) is 7.11 Å². The minimum atomic E-state index is -0.0291. The largest absolute Gasteiger partial charge is 0.497 e. The van der Waals surface area contributed by atoms with Gasteiger partial charge in [0.25, 0.3) is 0 Å². The fourth-order valence-electron chi connectivity index (χ4n) is 5.61. The van der Waals surface area contributed by atoms with Gasteiger partial charge in [-0.3, -0.25) is 4.79 Å². The SMILES string of the molecule is COc1ccc([C@H]2C(=O)C[C@]3(c4ccccc4)C[C@]23C(C)(C)C)cc1. The van der Waals surface area contributed by atoms with E-state index in [2.05, 4.69) is 63.2 Å². The molecule has 2 aliphatic rings. The maximum absolute atomic E-state index is 13.2. The maximum atomic E-state index is 13.2. The van der Waals surface area contributed by atoms with Crippen LogP contribution in [0.4, 0.5) is 0 Å². The average molecular weight is 334 g/mol. The van der Waals surface area contributed by atoms with E-state index in [1.54, 1.807) is 7.11 Å². The van der Waals surface area contributed by atoms with Crippen LogP contribution in [-0.4, -0.2) is 12.9 Å². The van der Waals surface area contributed by atoms with Gasteiger partial charge in [-0.25, -0.2) is 0 Å². The van der Waals surface area contributed by atoms with E-state index in [9.17, 15) is 4.79 Å². The topological polar surface area (TPSA) is 26.3 Å². The van der Waals surface area contributed by atoms with E-state index in [0.717, 1.165) is 17.7 Å². The Balaban J connectivity index is 1.84. The number of ether oxygens (including phenoxy) is 1. The lowest BCUT2D eigenvalue weighted by atomic mass is 9.65. The second kappa shape index (κ2) is 5.20. The molecular formula is C23H26O2. The second-order valence-corrected chi connectivity index (χ2v) is 8.70. The van der Waals surface area contributed by atoms with Crippen LogP contribution in [0.1, 0.15) is 50.7 Å². The van der Waals surface area contributed by atoms with Crippen molar-refractivity contribution in [3.05, 3.63) is 65.7 Å². The van der Waals surface area contributed by atoms with Crippen molar-refractivity contribution in [3.8, 4) is 5.75 Å². The van der Waals surface area contributed by atoms with Crippen LogP contribution in [0.3, 0.4) is 0 Å². The number of methoxy groups -OCH3 is 1. The van der Waals surface area contributed by atoms with E-state index < -0.39 is 0 Å². The Morgan fingerprint density at radius 2 is 1.64 bits per heavy atom. The standard InChI is InChI=1S/C23H26O2/c1-21(2,3)23-15-22(23,17-8-6-5-7-9-17)14-19(24)20(23)16-10-12-18(25-4)13-11-16/h5-13,20H,14-15H2,1-4H3/t20-,22+,23+/m0/s1. The van der Waals surface area contributed by atoms with Crippen LogP contribution < -0.4 is 4.74 Å². The zero-order chi connectivity index (χ0) is 17.9. The van der Waals surface area contributed by atoms with Gasteiger partial charge >= 0.3 is 0 Å². The molecule has 0 aromatic heterocycles. The van der Waals surface area contributed by atoms with Crippen LogP contribution in [0.5, 0.6) is 5.75 Å². The van der Waals surface area contributed by atoms with Crippen molar-refractivity contribution in [2.24, 2.45) is 10.8 Å². The van der Waals surface area contributed by atoms with E-state index in [0.29, 0.717) is 12.2 Å². The molecule has 0 unspecified atom stereocenters. The van der Waals surface area contributed by atoms with E-state index in [4.69, 9.17) is 4.74 Å². The molecule has 2 aromatic rings. The van der Waals surface area contributed by atoms with Gasteiger partial charge in [0.05, 0.1) is 7.11 Å². The van der Waals surface area contributed by atoms with Crippen LogP contribution in [0, 0.1) is 10.8 Å². The van der Waals surface area contributed by atoms with Gasteiger partial charge < -0.3 is 4.74 Å². The van der Waals surface area contributed by atoms with Gasteiger partial charge in [0, 0.05) is 17.8 Å². The lowest BCUT2D eigenvalue weighted by Gasteiger charge is -2.37. The number of Topliss-reactive ketones (excluding diaryl/α,β-unsaturated/α-hetero) is 1. The number of hydrogen-bond donors (Lipinski definition) is 0. The van der Waals surface area contributed by atoms with Gasteiger partial charge in [-0.2, -0.15) is 0 Å². The third-order valence-corrected chi connectivity index (χ3v) is 6.71. The van der Waals surface area contributed by atoms with E-state index >= 15 is 0 Å². The molecule has 0 radical (unpaired) electrons. The van der Waals surface area contributed by atoms with Crippen molar-refractivity contribution in [1.29, 1.82) is 0 Å². The summed E-state index contributed by atoms with van der Waals surface area (Å²) < 4.78 is 5.29. The van der Waals surface area contributed by atoms with Crippen LogP contribution >= 0.6 is 0 Å². The highest BCUT2D eigenvalue weighted by Gasteiger charge is 2.80. The summed E-state index contributed by atoms with van der Waals surface area (Å²) in [5, 5.41) is 0. The lowest BCUT2D eigenvalue weighted by Crippen LogP contribution is -2.32. The maximum Gasteiger partial charge on any atom is 0.141 e. The highest BCUT2D eigenvalue weighted by Crippen LogP contribution is 2.82. The molecule has 0 N–H and O–H groups in total. The predicted octanol–water partition coefficient (Wildman–Crippen LogP) is 5.13. The first-order valence-electron chi connectivity index (χ1n) is 9.08. The van der Waals surface area contributed by atoms with Crippen molar-refractivity contribution in [3.63, 3.8) is 0 Å². The minimum absolute atomic E-state index is 0.00577.